The minimum absolute atomic E-state index is 0.0632. The van der Waals surface area contributed by atoms with Crippen LogP contribution in [0.25, 0.3) is 10.8 Å². The molecule has 2 aliphatic rings. The van der Waals surface area contributed by atoms with E-state index >= 15 is 0 Å². The Bertz CT molecular complexity index is 721. The second-order valence-corrected chi connectivity index (χ2v) is 8.40. The normalized spacial score (nSPS) is 23.8. The summed E-state index contributed by atoms with van der Waals surface area (Å²) in [5.41, 5.74) is 0.788. The minimum Gasteiger partial charge on any atom is -0.351 e. The first-order chi connectivity index (χ1) is 12.3. The van der Waals surface area contributed by atoms with Gasteiger partial charge in [0.1, 0.15) is 0 Å². The molecule has 8 heteroatoms. The van der Waals surface area contributed by atoms with E-state index in [0.29, 0.717) is 18.3 Å². The van der Waals surface area contributed by atoms with E-state index in [4.69, 9.17) is 0 Å². The lowest BCUT2D eigenvalue weighted by atomic mass is 9.97. The average molecular weight is 376 g/mol. The largest absolute Gasteiger partial charge is 0.351 e. The van der Waals surface area contributed by atoms with Crippen LogP contribution in [0.5, 0.6) is 0 Å². The van der Waals surface area contributed by atoms with Gasteiger partial charge in [-0.2, -0.15) is 11.8 Å². The van der Waals surface area contributed by atoms with Crippen LogP contribution < -0.4 is 5.32 Å². The molecule has 4 rings (SSSR count). The van der Waals surface area contributed by atoms with Crippen LogP contribution >= 0.6 is 23.1 Å². The molecule has 0 aliphatic carbocycles. The van der Waals surface area contributed by atoms with Crippen molar-refractivity contribution in [3.63, 3.8) is 0 Å². The summed E-state index contributed by atoms with van der Waals surface area (Å²) < 4.78 is 0. The van der Waals surface area contributed by atoms with Gasteiger partial charge in [-0.1, -0.05) is 0 Å². The van der Waals surface area contributed by atoms with E-state index in [-0.39, 0.29) is 11.9 Å². The second kappa shape index (κ2) is 7.80. The summed E-state index contributed by atoms with van der Waals surface area (Å²) in [7, 11) is 0. The van der Waals surface area contributed by atoms with Crippen molar-refractivity contribution >= 4 is 29.0 Å². The van der Waals surface area contributed by atoms with E-state index in [2.05, 4.69) is 25.2 Å². The summed E-state index contributed by atoms with van der Waals surface area (Å²) in [5.74, 6) is 3.01. The predicted octanol–water partition coefficient (Wildman–Crippen LogP) is 1.84. The van der Waals surface area contributed by atoms with Crippen LogP contribution in [-0.4, -0.2) is 62.4 Å². The number of carbonyl (C=O) groups excluding carboxylic acids is 1. The Morgan fingerprint density at radius 1 is 1.32 bits per heavy atom. The van der Waals surface area contributed by atoms with Crippen molar-refractivity contribution in [3.05, 3.63) is 29.5 Å². The molecule has 0 radical (unpaired) electrons. The van der Waals surface area contributed by atoms with Gasteiger partial charge in [0.05, 0.1) is 12.1 Å². The first-order valence-electron chi connectivity index (χ1n) is 8.62. The Morgan fingerprint density at radius 2 is 2.20 bits per heavy atom. The zero-order valence-electron chi connectivity index (χ0n) is 13.9. The molecule has 2 unspecified atom stereocenters. The standard InChI is InChI=1S/C17H21N5OS2/c23-15(21-13-3-1-6-22-7-8-24-11-14(13)22)9-12-10-25-17(20-12)16-18-4-2-5-19-16/h2,4-5,10,13-14H,1,3,6-9,11H2,(H,21,23). The third-order valence-electron chi connectivity index (χ3n) is 4.70. The molecular weight excluding hydrogens is 354 g/mol. The van der Waals surface area contributed by atoms with Crippen LogP contribution in [0.4, 0.5) is 0 Å². The second-order valence-electron chi connectivity index (χ2n) is 6.39. The molecule has 4 heterocycles. The highest BCUT2D eigenvalue weighted by Gasteiger charge is 2.34. The maximum atomic E-state index is 12.5. The molecule has 0 aromatic carbocycles. The molecule has 0 bridgehead atoms. The number of hydrogen-bond acceptors (Lipinski definition) is 7. The van der Waals surface area contributed by atoms with Gasteiger partial charge in [0, 0.05) is 47.9 Å². The smallest absolute Gasteiger partial charge is 0.226 e. The molecule has 1 amide bonds. The summed E-state index contributed by atoms with van der Waals surface area (Å²) in [6, 6.07) is 2.53. The predicted molar refractivity (Wildman–Crippen MR) is 101 cm³/mol. The maximum Gasteiger partial charge on any atom is 0.226 e. The lowest BCUT2D eigenvalue weighted by molar-refractivity contribution is -0.122. The number of nitrogens with zero attached hydrogens (tertiary/aromatic N) is 4. The number of nitrogens with one attached hydrogen (secondary N) is 1. The van der Waals surface area contributed by atoms with Crippen LogP contribution in [0, 0.1) is 0 Å². The van der Waals surface area contributed by atoms with Crippen molar-refractivity contribution in [2.75, 3.05) is 24.6 Å². The lowest BCUT2D eigenvalue weighted by Gasteiger charge is -2.44. The van der Waals surface area contributed by atoms with E-state index in [0.717, 1.165) is 35.8 Å². The molecular formula is C17H21N5OS2. The molecule has 25 heavy (non-hydrogen) atoms. The quantitative estimate of drug-likeness (QED) is 0.879. The molecule has 2 saturated heterocycles. The summed E-state index contributed by atoms with van der Waals surface area (Å²) in [4.78, 5) is 28.0. The third-order valence-corrected chi connectivity index (χ3v) is 6.64. The van der Waals surface area contributed by atoms with Gasteiger partial charge in [0.2, 0.25) is 5.91 Å². The number of fused-ring (bicyclic) bond motifs is 1. The van der Waals surface area contributed by atoms with E-state index in [1.165, 1.54) is 23.6 Å². The number of rotatable bonds is 4. The van der Waals surface area contributed by atoms with Gasteiger partial charge in [-0.15, -0.1) is 11.3 Å². The molecule has 1 N–H and O–H groups in total. The molecule has 132 valence electrons. The fraction of sp³-hybridized carbons (Fsp3) is 0.529. The Hall–Kier alpha value is -1.51. The van der Waals surface area contributed by atoms with E-state index in [9.17, 15) is 4.79 Å². The first kappa shape index (κ1) is 16.9. The first-order valence-corrected chi connectivity index (χ1v) is 10.7. The van der Waals surface area contributed by atoms with Crippen LogP contribution in [-0.2, 0) is 11.2 Å². The molecule has 0 spiro atoms. The van der Waals surface area contributed by atoms with Crippen molar-refractivity contribution in [1.29, 1.82) is 0 Å². The number of thioether (sulfide) groups is 1. The molecule has 2 aliphatic heterocycles. The zero-order chi connectivity index (χ0) is 17.1. The molecule has 6 nitrogen and oxygen atoms in total. The fourth-order valence-corrected chi connectivity index (χ4v) is 5.48. The van der Waals surface area contributed by atoms with Gasteiger partial charge in [-0.3, -0.25) is 9.69 Å². The number of hydrogen-bond donors (Lipinski definition) is 1. The van der Waals surface area contributed by atoms with Crippen LogP contribution in [0.2, 0.25) is 0 Å². The highest BCUT2D eigenvalue weighted by molar-refractivity contribution is 7.99. The molecule has 2 aromatic heterocycles. The monoisotopic (exact) mass is 375 g/mol. The Balaban J connectivity index is 1.37. The number of amides is 1. The van der Waals surface area contributed by atoms with Gasteiger partial charge < -0.3 is 5.32 Å². The van der Waals surface area contributed by atoms with Crippen LogP contribution in [0.15, 0.2) is 23.8 Å². The molecule has 2 atom stereocenters. The molecule has 0 saturated carbocycles. The van der Waals surface area contributed by atoms with Gasteiger partial charge in [-0.25, -0.2) is 15.0 Å². The number of piperidine rings is 1. The van der Waals surface area contributed by atoms with Gasteiger partial charge in [0.15, 0.2) is 10.8 Å². The van der Waals surface area contributed by atoms with E-state index < -0.39 is 0 Å². The fourth-order valence-electron chi connectivity index (χ4n) is 3.50. The lowest BCUT2D eigenvalue weighted by Crippen LogP contribution is -2.58. The van der Waals surface area contributed by atoms with E-state index in [1.807, 2.05) is 17.1 Å². The van der Waals surface area contributed by atoms with Crippen molar-refractivity contribution in [1.82, 2.24) is 25.2 Å². The summed E-state index contributed by atoms with van der Waals surface area (Å²) >= 11 is 3.48. The SMILES string of the molecule is O=C(Cc1csc(-c2ncccn2)n1)NC1CCCN2CCSCC12. The Kier molecular flexibility index (Phi) is 5.28. The van der Waals surface area contributed by atoms with Crippen molar-refractivity contribution < 1.29 is 4.79 Å². The summed E-state index contributed by atoms with van der Waals surface area (Å²) in [5, 5.41) is 5.94. The Labute approximate surface area is 155 Å². The summed E-state index contributed by atoms with van der Waals surface area (Å²) in [6.45, 7) is 2.32. The Morgan fingerprint density at radius 3 is 3.08 bits per heavy atom. The van der Waals surface area contributed by atoms with Crippen molar-refractivity contribution in [3.8, 4) is 10.8 Å². The van der Waals surface area contributed by atoms with Crippen molar-refractivity contribution in [2.24, 2.45) is 0 Å². The molecule has 2 aromatic rings. The topological polar surface area (TPSA) is 71.0 Å². The average Bonchev–Trinajstić information content (AvgIpc) is 3.11. The van der Waals surface area contributed by atoms with Crippen molar-refractivity contribution in [2.45, 2.75) is 31.3 Å². The number of carbonyl (C=O) groups is 1. The number of aromatic nitrogens is 3. The minimum atomic E-state index is 0.0632. The van der Waals surface area contributed by atoms with E-state index in [1.54, 1.807) is 18.5 Å². The highest BCUT2D eigenvalue weighted by Crippen LogP contribution is 2.26. The van der Waals surface area contributed by atoms with Gasteiger partial charge in [0.25, 0.3) is 0 Å². The van der Waals surface area contributed by atoms with Crippen LogP contribution in [0.1, 0.15) is 18.5 Å². The van der Waals surface area contributed by atoms with Gasteiger partial charge >= 0.3 is 0 Å². The number of thiazole rings is 1. The zero-order valence-corrected chi connectivity index (χ0v) is 15.6. The third kappa shape index (κ3) is 4.02. The van der Waals surface area contributed by atoms with Crippen LogP contribution in [0.3, 0.4) is 0 Å². The van der Waals surface area contributed by atoms with Gasteiger partial charge in [-0.05, 0) is 25.5 Å². The summed E-state index contributed by atoms with van der Waals surface area (Å²) in [6.07, 6.45) is 5.96. The maximum absolute atomic E-state index is 12.5. The highest BCUT2D eigenvalue weighted by atomic mass is 32.2. The molecule has 2 fully saturated rings.